The molecule has 0 radical (unpaired) electrons. The number of hydrogen-bond acceptors (Lipinski definition) is 8. The van der Waals surface area contributed by atoms with Crippen LogP contribution in [0.1, 0.15) is 32.1 Å². The van der Waals surface area contributed by atoms with Crippen LogP contribution in [0.2, 0.25) is 0 Å². The van der Waals surface area contributed by atoms with Crippen LogP contribution >= 0.6 is 23.5 Å². The fourth-order valence-corrected chi connectivity index (χ4v) is 10.2. The van der Waals surface area contributed by atoms with Crippen LogP contribution in [0.5, 0.6) is 0 Å². The number of rotatable bonds is 6. The van der Waals surface area contributed by atoms with E-state index in [9.17, 15) is 40.0 Å². The van der Waals surface area contributed by atoms with Crippen molar-refractivity contribution in [3.8, 4) is 0 Å². The lowest BCUT2D eigenvalue weighted by molar-refractivity contribution is -0.199. The number of ether oxygens (including phenoxy) is 2. The standard InChI is InChI=1S/C18H21F5O7S3/c19-16(20,33(26,27)28)8-30-13(24)15-3-9-1-10(4-15)17(11(2-9)5-15)31-7-12(32-17)6-29-14(25)18(21,22)23/h9-12H,1-8H2,(H,26,27,28). The molecule has 188 valence electrons. The lowest BCUT2D eigenvalue weighted by Crippen LogP contribution is -2.60. The lowest BCUT2D eigenvalue weighted by Gasteiger charge is -2.62. The summed E-state index contributed by atoms with van der Waals surface area (Å²) in [7, 11) is -5.72. The van der Waals surface area contributed by atoms with Crippen LogP contribution < -0.4 is 0 Å². The summed E-state index contributed by atoms with van der Waals surface area (Å²) in [6.07, 6.45) is -2.38. The van der Waals surface area contributed by atoms with E-state index >= 15 is 0 Å². The zero-order chi connectivity index (χ0) is 24.4. The van der Waals surface area contributed by atoms with Crippen LogP contribution in [0, 0.1) is 23.2 Å². The van der Waals surface area contributed by atoms with E-state index in [1.54, 1.807) is 11.8 Å². The Morgan fingerprint density at radius 3 is 2.18 bits per heavy atom. The van der Waals surface area contributed by atoms with Gasteiger partial charge >= 0.3 is 33.5 Å². The van der Waals surface area contributed by atoms with Gasteiger partial charge < -0.3 is 9.47 Å². The number of thioether (sulfide) groups is 2. The van der Waals surface area contributed by atoms with Crippen molar-refractivity contribution in [2.24, 2.45) is 23.2 Å². The van der Waals surface area contributed by atoms with Crippen LogP contribution in [0.4, 0.5) is 22.0 Å². The summed E-state index contributed by atoms with van der Waals surface area (Å²) < 4.78 is 103. The largest absolute Gasteiger partial charge is 0.490 e. The molecule has 15 heteroatoms. The van der Waals surface area contributed by atoms with Crippen molar-refractivity contribution in [1.82, 2.24) is 0 Å². The molecule has 7 nitrogen and oxygen atoms in total. The van der Waals surface area contributed by atoms with E-state index in [0.29, 0.717) is 25.0 Å². The molecule has 1 N–H and O–H groups in total. The highest BCUT2D eigenvalue weighted by atomic mass is 32.2. The number of carbonyl (C=O) groups is 2. The Labute approximate surface area is 194 Å². The SMILES string of the molecule is O=C(OCC1CSC2(S1)C1CC3CC2CC(C(=O)OCC(F)(F)S(=O)(=O)O)(C3)C1)C(F)(F)F. The van der Waals surface area contributed by atoms with Crippen LogP contribution in [-0.4, -0.2) is 64.6 Å². The molecule has 5 aliphatic rings. The summed E-state index contributed by atoms with van der Waals surface area (Å²) in [5.74, 6) is -2.54. The summed E-state index contributed by atoms with van der Waals surface area (Å²) in [5, 5.41) is -4.94. The predicted octanol–water partition coefficient (Wildman–Crippen LogP) is 3.49. The maximum absolute atomic E-state index is 13.5. The molecule has 1 saturated heterocycles. The van der Waals surface area contributed by atoms with Gasteiger partial charge in [-0.15, -0.1) is 23.5 Å². The highest BCUT2D eigenvalue weighted by molar-refractivity contribution is 8.21. The summed E-state index contributed by atoms with van der Waals surface area (Å²) in [6, 6.07) is 0. The van der Waals surface area contributed by atoms with Gasteiger partial charge in [-0.1, -0.05) is 0 Å². The summed E-state index contributed by atoms with van der Waals surface area (Å²) in [6.45, 7) is -2.15. The molecular formula is C18H21F5O7S3. The lowest BCUT2D eigenvalue weighted by atomic mass is 9.49. The summed E-state index contributed by atoms with van der Waals surface area (Å²) in [4.78, 5) is 23.8. The minimum atomic E-state index is -5.72. The van der Waals surface area contributed by atoms with Gasteiger partial charge in [-0.25, -0.2) is 4.79 Å². The third-order valence-electron chi connectivity index (χ3n) is 6.99. The first-order valence-corrected chi connectivity index (χ1v) is 13.5. The van der Waals surface area contributed by atoms with Crippen LogP contribution in [0.25, 0.3) is 0 Å². The van der Waals surface area contributed by atoms with Crippen molar-refractivity contribution >= 4 is 45.6 Å². The maximum atomic E-state index is 13.5. The minimum Gasteiger partial charge on any atom is -0.458 e. The van der Waals surface area contributed by atoms with Gasteiger partial charge in [0.2, 0.25) is 0 Å². The number of carbonyl (C=O) groups excluding carboxylic acids is 2. The van der Waals surface area contributed by atoms with Gasteiger partial charge in [-0.05, 0) is 49.9 Å². The van der Waals surface area contributed by atoms with Crippen molar-refractivity contribution < 1.29 is 54.0 Å². The normalized spacial score (nSPS) is 38.0. The Balaban J connectivity index is 1.42. The average molecular weight is 541 g/mol. The van der Waals surface area contributed by atoms with Crippen molar-refractivity contribution in [3.05, 3.63) is 0 Å². The molecule has 4 saturated carbocycles. The molecule has 0 aromatic carbocycles. The maximum Gasteiger partial charge on any atom is 0.490 e. The number of alkyl halides is 5. The van der Waals surface area contributed by atoms with Gasteiger partial charge in [0.1, 0.15) is 6.61 Å². The zero-order valence-corrected chi connectivity index (χ0v) is 19.4. The van der Waals surface area contributed by atoms with E-state index in [1.165, 1.54) is 11.8 Å². The first-order chi connectivity index (χ1) is 15.1. The van der Waals surface area contributed by atoms with Crippen molar-refractivity contribution in [3.63, 3.8) is 0 Å². The minimum absolute atomic E-state index is 0.0169. The van der Waals surface area contributed by atoms with Crippen LogP contribution in [0.3, 0.4) is 0 Å². The monoisotopic (exact) mass is 540 g/mol. The van der Waals surface area contributed by atoms with Crippen LogP contribution in [0.15, 0.2) is 0 Å². The van der Waals surface area contributed by atoms with Gasteiger partial charge in [-0.3, -0.25) is 9.35 Å². The average Bonchev–Trinajstić information content (AvgIpc) is 3.11. The Bertz CT molecular complexity index is 922. The van der Waals surface area contributed by atoms with E-state index in [1.807, 2.05) is 0 Å². The zero-order valence-electron chi connectivity index (χ0n) is 17.0. The molecule has 1 aliphatic heterocycles. The molecule has 4 bridgehead atoms. The molecule has 0 aromatic heterocycles. The molecule has 4 aliphatic carbocycles. The third-order valence-corrected chi connectivity index (χ3v) is 12.1. The number of esters is 2. The van der Waals surface area contributed by atoms with E-state index in [2.05, 4.69) is 9.47 Å². The Hall–Kier alpha value is -0.800. The molecule has 1 spiro atoms. The van der Waals surface area contributed by atoms with E-state index in [-0.39, 0.29) is 33.7 Å². The molecule has 0 amide bonds. The molecular weight excluding hydrogens is 519 g/mol. The van der Waals surface area contributed by atoms with E-state index < -0.39 is 45.5 Å². The first kappa shape index (κ1) is 25.3. The molecule has 0 aromatic rings. The van der Waals surface area contributed by atoms with Gasteiger partial charge in [0.05, 0.1) is 9.49 Å². The van der Waals surface area contributed by atoms with Crippen molar-refractivity contribution in [2.45, 2.75) is 52.9 Å². The van der Waals surface area contributed by atoms with Gasteiger partial charge in [-0.2, -0.15) is 30.4 Å². The summed E-state index contributed by atoms with van der Waals surface area (Å²) >= 11 is 3.05. The second-order valence-electron chi connectivity index (χ2n) is 9.18. The van der Waals surface area contributed by atoms with Gasteiger partial charge in [0, 0.05) is 11.0 Å². The second kappa shape index (κ2) is 8.12. The van der Waals surface area contributed by atoms with E-state index in [4.69, 9.17) is 4.55 Å². The molecule has 5 rings (SSSR count). The Morgan fingerprint density at radius 2 is 1.64 bits per heavy atom. The summed E-state index contributed by atoms with van der Waals surface area (Å²) in [5.41, 5.74) is -1.03. The Kier molecular flexibility index (Phi) is 6.22. The topological polar surface area (TPSA) is 107 Å². The quantitative estimate of drug-likeness (QED) is 0.308. The van der Waals surface area contributed by atoms with Crippen LogP contribution in [-0.2, 0) is 29.2 Å². The van der Waals surface area contributed by atoms with Crippen molar-refractivity contribution in [1.29, 1.82) is 0 Å². The number of halogens is 5. The van der Waals surface area contributed by atoms with Gasteiger partial charge in [0.25, 0.3) is 0 Å². The second-order valence-corrected chi connectivity index (χ2v) is 13.9. The molecule has 3 unspecified atom stereocenters. The molecule has 33 heavy (non-hydrogen) atoms. The number of hydrogen-bond donors (Lipinski definition) is 1. The highest BCUT2D eigenvalue weighted by Gasteiger charge is 2.67. The molecule has 1 heterocycles. The fourth-order valence-electron chi connectivity index (χ4n) is 5.87. The first-order valence-electron chi connectivity index (χ1n) is 10.2. The smallest absolute Gasteiger partial charge is 0.458 e. The van der Waals surface area contributed by atoms with Crippen molar-refractivity contribution in [2.75, 3.05) is 19.0 Å². The highest BCUT2D eigenvalue weighted by Crippen LogP contribution is 2.73. The third kappa shape index (κ3) is 4.46. The Morgan fingerprint density at radius 1 is 1.03 bits per heavy atom. The molecule has 5 fully saturated rings. The van der Waals surface area contributed by atoms with E-state index in [0.717, 1.165) is 12.8 Å². The van der Waals surface area contributed by atoms with Gasteiger partial charge in [0.15, 0.2) is 6.61 Å². The molecule has 3 atom stereocenters. The predicted molar refractivity (Wildman–Crippen MR) is 107 cm³/mol. The fraction of sp³-hybridized carbons (Fsp3) is 0.889.